The topological polar surface area (TPSA) is 129 Å². The minimum atomic E-state index is -2.06. The first kappa shape index (κ1) is 18.9. The molecule has 1 heterocycles. The Hall–Kier alpha value is -3.39. The van der Waals surface area contributed by atoms with Crippen LogP contribution < -0.4 is 5.32 Å². The van der Waals surface area contributed by atoms with E-state index in [2.05, 4.69) is 5.32 Å². The summed E-state index contributed by atoms with van der Waals surface area (Å²) in [5.74, 6) is -6.14. The van der Waals surface area contributed by atoms with E-state index < -0.39 is 35.1 Å². The lowest BCUT2D eigenvalue weighted by Crippen LogP contribution is -2.53. The second kappa shape index (κ2) is 7.66. The second-order valence-corrected chi connectivity index (χ2v) is 5.50. The van der Waals surface area contributed by atoms with Crippen LogP contribution in [-0.4, -0.2) is 31.1 Å². The Kier molecular flexibility index (Phi) is 5.58. The Balaban J connectivity index is 2.77. The van der Waals surface area contributed by atoms with Crippen LogP contribution >= 0.6 is 0 Å². The summed E-state index contributed by atoms with van der Waals surface area (Å²) in [6.45, 7) is 3.06. The first-order chi connectivity index (χ1) is 12.5. The van der Waals surface area contributed by atoms with Crippen LogP contribution in [-0.2, 0) is 29.3 Å². The molecule has 0 saturated heterocycles. The predicted molar refractivity (Wildman–Crippen MR) is 88.2 cm³/mol. The molecule has 0 aliphatic carbocycles. The number of benzene rings is 1. The van der Waals surface area contributed by atoms with Gasteiger partial charge in [-0.2, -0.15) is 10.5 Å². The fraction of sp³-hybridized carbons (Fsp3) is 0.389. The molecule has 1 aromatic carbocycles. The van der Waals surface area contributed by atoms with Crippen molar-refractivity contribution in [2.24, 2.45) is 11.8 Å². The molecule has 0 bridgehead atoms. The Labute approximate surface area is 150 Å². The van der Waals surface area contributed by atoms with Crippen molar-refractivity contribution in [1.82, 2.24) is 0 Å². The number of hydrogen-bond acceptors (Lipinski definition) is 7. The molecule has 8 heteroatoms. The zero-order valence-corrected chi connectivity index (χ0v) is 14.3. The number of carbonyl (C=O) groups is 3. The first-order valence-corrected chi connectivity index (χ1v) is 8.02. The summed E-state index contributed by atoms with van der Waals surface area (Å²) in [4.78, 5) is 37.8. The average Bonchev–Trinajstić information content (AvgIpc) is 2.90. The Bertz CT molecular complexity index is 785. The van der Waals surface area contributed by atoms with Crippen LogP contribution in [0.2, 0.25) is 0 Å². The van der Waals surface area contributed by atoms with Gasteiger partial charge in [0, 0.05) is 5.69 Å². The molecule has 2 atom stereocenters. The van der Waals surface area contributed by atoms with Gasteiger partial charge in [0.25, 0.3) is 0 Å². The van der Waals surface area contributed by atoms with Gasteiger partial charge >= 0.3 is 11.9 Å². The highest BCUT2D eigenvalue weighted by molar-refractivity contribution is 6.12. The Morgan fingerprint density at radius 2 is 1.58 bits per heavy atom. The lowest BCUT2D eigenvalue weighted by molar-refractivity contribution is -0.156. The van der Waals surface area contributed by atoms with Gasteiger partial charge in [-0.25, -0.2) is 0 Å². The van der Waals surface area contributed by atoms with E-state index >= 15 is 0 Å². The van der Waals surface area contributed by atoms with Gasteiger partial charge in [-0.1, -0.05) is 18.2 Å². The Morgan fingerprint density at radius 1 is 1.08 bits per heavy atom. The van der Waals surface area contributed by atoms with E-state index in [-0.39, 0.29) is 18.8 Å². The van der Waals surface area contributed by atoms with Crippen molar-refractivity contribution < 1.29 is 23.9 Å². The summed E-state index contributed by atoms with van der Waals surface area (Å²) in [7, 11) is 0. The van der Waals surface area contributed by atoms with E-state index in [0.29, 0.717) is 5.69 Å². The van der Waals surface area contributed by atoms with E-state index in [0.717, 1.165) is 0 Å². The number of hydrogen-bond donors (Lipinski definition) is 1. The van der Waals surface area contributed by atoms with Gasteiger partial charge in [0.05, 0.1) is 25.4 Å². The van der Waals surface area contributed by atoms with Crippen LogP contribution in [0.25, 0.3) is 0 Å². The number of esters is 2. The van der Waals surface area contributed by atoms with Crippen LogP contribution in [0.4, 0.5) is 5.69 Å². The average molecular weight is 355 g/mol. The summed E-state index contributed by atoms with van der Waals surface area (Å²) in [5.41, 5.74) is -1.52. The maximum absolute atomic E-state index is 12.9. The van der Waals surface area contributed by atoms with E-state index in [1.807, 2.05) is 0 Å². The quantitative estimate of drug-likeness (QED) is 0.761. The van der Waals surface area contributed by atoms with Gasteiger partial charge in [0.15, 0.2) is 11.8 Å². The fourth-order valence-electron chi connectivity index (χ4n) is 3.17. The number of anilines is 1. The molecule has 0 unspecified atom stereocenters. The summed E-state index contributed by atoms with van der Waals surface area (Å²) < 4.78 is 9.85. The van der Waals surface area contributed by atoms with Crippen molar-refractivity contribution in [3.8, 4) is 12.1 Å². The third-order valence-electron chi connectivity index (χ3n) is 4.21. The third kappa shape index (κ3) is 2.76. The normalized spacial score (nSPS) is 16.2. The SMILES string of the molecule is CCOC(=O)[C@H](C#N)C1([C@@H](C#N)C(=O)OCC)C(=O)Nc2ccccc21. The highest BCUT2D eigenvalue weighted by Crippen LogP contribution is 2.48. The molecule has 0 radical (unpaired) electrons. The molecule has 0 spiro atoms. The van der Waals surface area contributed by atoms with Crippen molar-refractivity contribution >= 4 is 23.5 Å². The first-order valence-electron chi connectivity index (χ1n) is 8.02. The minimum Gasteiger partial charge on any atom is -0.465 e. The number of rotatable bonds is 6. The van der Waals surface area contributed by atoms with Crippen LogP contribution in [0.3, 0.4) is 0 Å². The highest BCUT2D eigenvalue weighted by atomic mass is 16.5. The molecule has 26 heavy (non-hydrogen) atoms. The monoisotopic (exact) mass is 355 g/mol. The Morgan fingerprint density at radius 3 is 2.04 bits per heavy atom. The fourth-order valence-corrected chi connectivity index (χ4v) is 3.17. The van der Waals surface area contributed by atoms with Gasteiger partial charge in [-0.15, -0.1) is 0 Å². The van der Waals surface area contributed by atoms with E-state index in [9.17, 15) is 24.9 Å². The molecule has 134 valence electrons. The predicted octanol–water partition coefficient (Wildman–Crippen LogP) is 1.28. The lowest BCUT2D eigenvalue weighted by atomic mass is 9.63. The standard InChI is InChI=1S/C18H17N3O5/c1-3-25-15(22)12(9-19)18(13(10-20)16(23)26-4-2)11-7-5-6-8-14(11)21-17(18)24/h5-8,12-13H,3-4H2,1-2H3,(H,21,24)/t12-,13-/m0/s1. The van der Waals surface area contributed by atoms with E-state index in [1.54, 1.807) is 44.2 Å². The van der Waals surface area contributed by atoms with Gasteiger partial charge in [-0.05, 0) is 25.5 Å². The molecular formula is C18H17N3O5. The molecule has 2 rings (SSSR count). The van der Waals surface area contributed by atoms with Gasteiger partial charge < -0.3 is 14.8 Å². The smallest absolute Gasteiger partial charge is 0.324 e. The third-order valence-corrected chi connectivity index (χ3v) is 4.21. The molecule has 0 saturated carbocycles. The maximum Gasteiger partial charge on any atom is 0.324 e. The number of fused-ring (bicyclic) bond motifs is 1. The highest BCUT2D eigenvalue weighted by Gasteiger charge is 2.63. The summed E-state index contributed by atoms with van der Waals surface area (Å²) in [6.07, 6.45) is 0. The molecule has 0 aromatic heterocycles. The summed E-state index contributed by atoms with van der Waals surface area (Å²) >= 11 is 0. The molecule has 1 aromatic rings. The second-order valence-electron chi connectivity index (χ2n) is 5.50. The van der Waals surface area contributed by atoms with Crippen LogP contribution in [0.15, 0.2) is 24.3 Å². The number of para-hydroxylation sites is 1. The number of carbonyl (C=O) groups excluding carboxylic acids is 3. The van der Waals surface area contributed by atoms with Crippen LogP contribution in [0.5, 0.6) is 0 Å². The van der Waals surface area contributed by atoms with Crippen molar-refractivity contribution in [2.75, 3.05) is 18.5 Å². The van der Waals surface area contributed by atoms with Crippen molar-refractivity contribution in [3.63, 3.8) is 0 Å². The minimum absolute atomic E-state index is 0.0208. The number of amides is 1. The van der Waals surface area contributed by atoms with E-state index in [1.165, 1.54) is 6.07 Å². The zero-order valence-electron chi connectivity index (χ0n) is 14.3. The van der Waals surface area contributed by atoms with Crippen LogP contribution in [0, 0.1) is 34.5 Å². The molecule has 8 nitrogen and oxygen atoms in total. The molecule has 1 amide bonds. The zero-order chi connectivity index (χ0) is 19.3. The molecule has 1 aliphatic rings. The maximum atomic E-state index is 12.9. The number of nitriles is 2. The van der Waals surface area contributed by atoms with Gasteiger partial charge in [0.2, 0.25) is 5.91 Å². The molecule has 0 fully saturated rings. The number of ether oxygens (including phenoxy) is 2. The largest absolute Gasteiger partial charge is 0.465 e. The van der Waals surface area contributed by atoms with Crippen LogP contribution in [0.1, 0.15) is 19.4 Å². The van der Waals surface area contributed by atoms with E-state index in [4.69, 9.17) is 9.47 Å². The van der Waals surface area contributed by atoms with Crippen molar-refractivity contribution in [2.45, 2.75) is 19.3 Å². The molecule has 1 N–H and O–H groups in total. The summed E-state index contributed by atoms with van der Waals surface area (Å²) in [6, 6.07) is 9.82. The summed E-state index contributed by atoms with van der Waals surface area (Å²) in [5, 5.41) is 21.9. The van der Waals surface area contributed by atoms with Gasteiger partial charge in [-0.3, -0.25) is 14.4 Å². The number of nitrogens with zero attached hydrogens (tertiary/aromatic N) is 2. The number of nitrogens with one attached hydrogen (secondary N) is 1. The molecular weight excluding hydrogens is 338 g/mol. The van der Waals surface area contributed by atoms with Crippen molar-refractivity contribution in [1.29, 1.82) is 10.5 Å². The lowest BCUT2D eigenvalue weighted by Gasteiger charge is -2.33. The molecule has 1 aliphatic heterocycles. The van der Waals surface area contributed by atoms with Gasteiger partial charge in [0.1, 0.15) is 5.41 Å². The van der Waals surface area contributed by atoms with Crippen molar-refractivity contribution in [3.05, 3.63) is 29.8 Å².